The highest BCUT2D eigenvalue weighted by molar-refractivity contribution is 5.88. The summed E-state index contributed by atoms with van der Waals surface area (Å²) in [5.41, 5.74) is 0.809. The predicted molar refractivity (Wildman–Crippen MR) is 77.1 cm³/mol. The topological polar surface area (TPSA) is 82.5 Å². The van der Waals surface area contributed by atoms with E-state index in [2.05, 4.69) is 10.3 Å². The van der Waals surface area contributed by atoms with Crippen molar-refractivity contribution < 1.29 is 15.0 Å². The van der Waals surface area contributed by atoms with Crippen molar-refractivity contribution in [3.63, 3.8) is 0 Å². The Morgan fingerprint density at radius 2 is 2.05 bits per heavy atom. The van der Waals surface area contributed by atoms with Crippen LogP contribution < -0.4 is 5.32 Å². The number of hydrogen-bond donors (Lipinski definition) is 3. The summed E-state index contributed by atoms with van der Waals surface area (Å²) in [5.74, 6) is 0.0922. The van der Waals surface area contributed by atoms with Crippen molar-refractivity contribution in [2.45, 2.75) is 45.1 Å². The van der Waals surface area contributed by atoms with E-state index in [0.717, 1.165) is 25.1 Å². The maximum absolute atomic E-state index is 11.2. The van der Waals surface area contributed by atoms with Crippen LogP contribution in [0.2, 0.25) is 0 Å². The standard InChI is InChI=1S/C15H22N2O3/c1-15(2,3)12-6-10(14(19)20)7-13(17-12)16-8-9-4-11(18)5-9/h6-7,9,11,18H,4-5,8H2,1-3H3,(H,16,17)(H,19,20). The molecule has 1 aromatic rings. The fraction of sp³-hybridized carbons (Fsp3) is 0.600. The molecule has 0 atom stereocenters. The summed E-state index contributed by atoms with van der Waals surface area (Å²) in [4.78, 5) is 15.7. The highest BCUT2D eigenvalue weighted by Crippen LogP contribution is 2.28. The molecule has 1 saturated carbocycles. The van der Waals surface area contributed by atoms with Gasteiger partial charge in [0, 0.05) is 17.7 Å². The number of aromatic nitrogens is 1. The Hall–Kier alpha value is -1.62. The van der Waals surface area contributed by atoms with E-state index < -0.39 is 5.97 Å². The van der Waals surface area contributed by atoms with Gasteiger partial charge in [0.25, 0.3) is 0 Å². The molecule has 0 aromatic carbocycles. The van der Waals surface area contributed by atoms with Crippen LogP contribution in [-0.2, 0) is 5.41 Å². The van der Waals surface area contributed by atoms with Gasteiger partial charge in [0.1, 0.15) is 5.82 Å². The molecule has 0 bridgehead atoms. The number of aromatic carboxylic acids is 1. The summed E-state index contributed by atoms with van der Waals surface area (Å²) >= 11 is 0. The summed E-state index contributed by atoms with van der Waals surface area (Å²) in [7, 11) is 0. The Morgan fingerprint density at radius 1 is 1.40 bits per heavy atom. The number of nitrogens with one attached hydrogen (secondary N) is 1. The van der Waals surface area contributed by atoms with Gasteiger partial charge in [-0.2, -0.15) is 0 Å². The number of hydrogen-bond acceptors (Lipinski definition) is 4. The molecule has 5 heteroatoms. The van der Waals surface area contributed by atoms with E-state index in [0.29, 0.717) is 11.7 Å². The summed E-state index contributed by atoms with van der Waals surface area (Å²) < 4.78 is 0. The molecular formula is C15H22N2O3. The second kappa shape index (κ2) is 5.40. The van der Waals surface area contributed by atoms with Gasteiger partial charge in [-0.3, -0.25) is 0 Å². The van der Waals surface area contributed by atoms with Crippen molar-refractivity contribution in [3.8, 4) is 0 Å². The smallest absolute Gasteiger partial charge is 0.335 e. The second-order valence-electron chi connectivity index (χ2n) is 6.55. The fourth-order valence-electron chi connectivity index (χ4n) is 2.24. The number of rotatable bonds is 4. The molecule has 5 nitrogen and oxygen atoms in total. The minimum Gasteiger partial charge on any atom is -0.478 e. The molecule has 0 spiro atoms. The van der Waals surface area contributed by atoms with Gasteiger partial charge in [0.05, 0.1) is 11.7 Å². The largest absolute Gasteiger partial charge is 0.478 e. The Balaban J connectivity index is 2.14. The number of carboxylic acids is 1. The lowest BCUT2D eigenvalue weighted by atomic mass is 9.82. The molecule has 1 aliphatic carbocycles. The third-order valence-electron chi connectivity index (χ3n) is 3.62. The summed E-state index contributed by atoms with van der Waals surface area (Å²) in [6, 6.07) is 3.19. The maximum atomic E-state index is 11.2. The first-order valence-electron chi connectivity index (χ1n) is 6.93. The van der Waals surface area contributed by atoms with Crippen LogP contribution in [0.15, 0.2) is 12.1 Å². The van der Waals surface area contributed by atoms with Crippen LogP contribution >= 0.6 is 0 Å². The van der Waals surface area contributed by atoms with E-state index in [4.69, 9.17) is 0 Å². The van der Waals surface area contributed by atoms with Gasteiger partial charge in [-0.15, -0.1) is 0 Å². The van der Waals surface area contributed by atoms with Crippen LogP contribution in [-0.4, -0.2) is 33.8 Å². The van der Waals surface area contributed by atoms with Gasteiger partial charge in [-0.25, -0.2) is 9.78 Å². The lowest BCUT2D eigenvalue weighted by molar-refractivity contribution is 0.0486. The van der Waals surface area contributed by atoms with E-state index >= 15 is 0 Å². The van der Waals surface area contributed by atoms with Crippen LogP contribution in [0.3, 0.4) is 0 Å². The van der Waals surface area contributed by atoms with Crippen LogP contribution in [0.25, 0.3) is 0 Å². The zero-order valence-corrected chi connectivity index (χ0v) is 12.2. The van der Waals surface area contributed by atoms with Crippen molar-refractivity contribution in [2.75, 3.05) is 11.9 Å². The molecule has 0 aliphatic heterocycles. The normalized spacial score (nSPS) is 22.2. The third-order valence-corrected chi connectivity index (χ3v) is 3.62. The zero-order chi connectivity index (χ0) is 14.9. The number of nitrogens with zero attached hydrogens (tertiary/aromatic N) is 1. The molecule has 1 fully saturated rings. The van der Waals surface area contributed by atoms with Crippen molar-refractivity contribution in [3.05, 3.63) is 23.4 Å². The second-order valence-corrected chi connectivity index (χ2v) is 6.55. The molecule has 0 saturated heterocycles. The van der Waals surface area contributed by atoms with Gasteiger partial charge in [-0.1, -0.05) is 20.8 Å². The van der Waals surface area contributed by atoms with Gasteiger partial charge >= 0.3 is 5.97 Å². The average Bonchev–Trinajstić information content (AvgIpc) is 2.31. The van der Waals surface area contributed by atoms with E-state index in [9.17, 15) is 15.0 Å². The van der Waals surface area contributed by atoms with Crippen LogP contribution in [0.1, 0.15) is 49.7 Å². The number of pyridine rings is 1. The molecule has 110 valence electrons. The summed E-state index contributed by atoms with van der Waals surface area (Å²) in [5, 5.41) is 21.6. The highest BCUT2D eigenvalue weighted by atomic mass is 16.4. The first-order chi connectivity index (χ1) is 9.25. The number of anilines is 1. The van der Waals surface area contributed by atoms with Gasteiger partial charge in [-0.05, 0) is 30.9 Å². The van der Waals surface area contributed by atoms with Crippen molar-refractivity contribution >= 4 is 11.8 Å². The Morgan fingerprint density at radius 3 is 2.55 bits per heavy atom. The first-order valence-corrected chi connectivity index (χ1v) is 6.93. The lowest BCUT2D eigenvalue weighted by Gasteiger charge is -2.31. The van der Waals surface area contributed by atoms with E-state index in [-0.39, 0.29) is 17.1 Å². The number of aliphatic hydroxyl groups is 1. The number of carboxylic acid groups (broad SMARTS) is 1. The summed E-state index contributed by atoms with van der Waals surface area (Å²) in [6.45, 7) is 6.74. The van der Waals surface area contributed by atoms with E-state index in [1.54, 1.807) is 12.1 Å². The zero-order valence-electron chi connectivity index (χ0n) is 12.2. The SMILES string of the molecule is CC(C)(C)c1cc(C(=O)O)cc(NCC2CC(O)C2)n1. The van der Waals surface area contributed by atoms with E-state index in [1.165, 1.54) is 0 Å². The number of carbonyl (C=O) groups is 1. The molecule has 0 unspecified atom stereocenters. The molecular weight excluding hydrogens is 256 g/mol. The third kappa shape index (κ3) is 3.48. The Bertz CT molecular complexity index is 502. The van der Waals surface area contributed by atoms with E-state index in [1.807, 2.05) is 20.8 Å². The maximum Gasteiger partial charge on any atom is 0.335 e. The molecule has 0 amide bonds. The quantitative estimate of drug-likeness (QED) is 0.787. The van der Waals surface area contributed by atoms with Gasteiger partial charge in [0.2, 0.25) is 0 Å². The molecule has 1 aliphatic rings. The fourth-order valence-corrected chi connectivity index (χ4v) is 2.24. The van der Waals surface area contributed by atoms with Crippen molar-refractivity contribution in [1.29, 1.82) is 0 Å². The lowest BCUT2D eigenvalue weighted by Crippen LogP contribution is -2.33. The predicted octanol–water partition coefficient (Wildman–Crippen LogP) is 2.26. The molecule has 1 heterocycles. The molecule has 3 N–H and O–H groups in total. The Labute approximate surface area is 119 Å². The van der Waals surface area contributed by atoms with Crippen molar-refractivity contribution in [2.24, 2.45) is 5.92 Å². The minimum atomic E-state index is -0.944. The monoisotopic (exact) mass is 278 g/mol. The molecule has 2 rings (SSSR count). The van der Waals surface area contributed by atoms with Crippen LogP contribution in [0, 0.1) is 5.92 Å². The highest BCUT2D eigenvalue weighted by Gasteiger charge is 2.27. The molecule has 20 heavy (non-hydrogen) atoms. The molecule has 1 aromatic heterocycles. The van der Waals surface area contributed by atoms with Gasteiger partial charge in [0.15, 0.2) is 0 Å². The van der Waals surface area contributed by atoms with Crippen LogP contribution in [0.4, 0.5) is 5.82 Å². The Kier molecular flexibility index (Phi) is 3.99. The van der Waals surface area contributed by atoms with Crippen LogP contribution in [0.5, 0.6) is 0 Å². The van der Waals surface area contributed by atoms with Gasteiger partial charge < -0.3 is 15.5 Å². The van der Waals surface area contributed by atoms with Crippen molar-refractivity contribution in [1.82, 2.24) is 4.98 Å². The minimum absolute atomic E-state index is 0.176. The number of aliphatic hydroxyl groups excluding tert-OH is 1. The first kappa shape index (κ1) is 14.8. The average molecular weight is 278 g/mol. The summed E-state index contributed by atoms with van der Waals surface area (Å²) in [6.07, 6.45) is 1.43. The molecule has 0 radical (unpaired) electrons.